The fourth-order valence-electron chi connectivity index (χ4n) is 1.33. The zero-order valence-corrected chi connectivity index (χ0v) is 9.00. The molecule has 0 amide bonds. The molecule has 0 saturated carbocycles. The van der Waals surface area contributed by atoms with Crippen molar-refractivity contribution in [3.8, 4) is 11.6 Å². The minimum Gasteiger partial charge on any atom is -0.439 e. The molecule has 3 heteroatoms. The number of hydrogen-bond donors (Lipinski definition) is 1. The van der Waals surface area contributed by atoms with E-state index >= 15 is 0 Å². The van der Waals surface area contributed by atoms with Gasteiger partial charge in [0.2, 0.25) is 5.88 Å². The van der Waals surface area contributed by atoms with Crippen molar-refractivity contribution in [3.05, 3.63) is 54.2 Å². The molecule has 0 unspecified atom stereocenters. The van der Waals surface area contributed by atoms with Crippen LogP contribution in [-0.2, 0) is 0 Å². The SMILES string of the molecule is C[C@H](O)c1cccc(Oc2ccccc2)n1. The van der Waals surface area contributed by atoms with Gasteiger partial charge in [-0.2, -0.15) is 0 Å². The van der Waals surface area contributed by atoms with Gasteiger partial charge in [0, 0.05) is 6.07 Å². The molecule has 0 saturated heterocycles. The van der Waals surface area contributed by atoms with E-state index in [0.29, 0.717) is 11.6 Å². The van der Waals surface area contributed by atoms with E-state index in [-0.39, 0.29) is 0 Å². The molecule has 1 atom stereocenters. The van der Waals surface area contributed by atoms with Gasteiger partial charge >= 0.3 is 0 Å². The number of aliphatic hydroxyl groups excluding tert-OH is 1. The molecular weight excluding hydrogens is 202 g/mol. The minimum atomic E-state index is -0.584. The number of aromatic nitrogens is 1. The summed E-state index contributed by atoms with van der Waals surface area (Å²) in [4.78, 5) is 4.20. The van der Waals surface area contributed by atoms with Gasteiger partial charge < -0.3 is 9.84 Å². The molecule has 1 N–H and O–H groups in total. The van der Waals surface area contributed by atoms with Crippen LogP contribution in [0.3, 0.4) is 0 Å². The highest BCUT2D eigenvalue weighted by Crippen LogP contribution is 2.20. The smallest absolute Gasteiger partial charge is 0.219 e. The van der Waals surface area contributed by atoms with Crippen LogP contribution in [0.5, 0.6) is 11.6 Å². The summed E-state index contributed by atoms with van der Waals surface area (Å²) >= 11 is 0. The topological polar surface area (TPSA) is 42.4 Å². The van der Waals surface area contributed by atoms with E-state index in [4.69, 9.17) is 4.74 Å². The quantitative estimate of drug-likeness (QED) is 0.855. The third-order valence-electron chi connectivity index (χ3n) is 2.14. The number of aliphatic hydroxyl groups is 1. The van der Waals surface area contributed by atoms with Gasteiger partial charge in [-0.3, -0.25) is 0 Å². The number of ether oxygens (including phenoxy) is 1. The van der Waals surface area contributed by atoms with Gasteiger partial charge in [0.1, 0.15) is 5.75 Å². The average molecular weight is 215 g/mol. The molecule has 16 heavy (non-hydrogen) atoms. The Morgan fingerprint density at radius 3 is 2.50 bits per heavy atom. The van der Waals surface area contributed by atoms with Gasteiger partial charge in [-0.25, -0.2) is 4.98 Å². The fraction of sp³-hybridized carbons (Fsp3) is 0.154. The second kappa shape index (κ2) is 4.77. The summed E-state index contributed by atoms with van der Waals surface area (Å²) in [6.45, 7) is 1.68. The Morgan fingerprint density at radius 2 is 1.81 bits per heavy atom. The Morgan fingerprint density at radius 1 is 1.06 bits per heavy atom. The molecule has 0 spiro atoms. The Balaban J connectivity index is 2.19. The fourth-order valence-corrected chi connectivity index (χ4v) is 1.33. The molecule has 1 aromatic heterocycles. The van der Waals surface area contributed by atoms with Crippen molar-refractivity contribution in [2.45, 2.75) is 13.0 Å². The van der Waals surface area contributed by atoms with Crippen molar-refractivity contribution in [2.24, 2.45) is 0 Å². The third-order valence-corrected chi connectivity index (χ3v) is 2.14. The first kappa shape index (κ1) is 10.6. The number of pyridine rings is 1. The zero-order valence-electron chi connectivity index (χ0n) is 9.00. The second-order valence-electron chi connectivity index (χ2n) is 3.49. The molecule has 0 aliphatic carbocycles. The maximum Gasteiger partial charge on any atom is 0.219 e. The molecule has 1 aromatic carbocycles. The molecule has 2 aromatic rings. The van der Waals surface area contributed by atoms with Gasteiger partial charge in [0.05, 0.1) is 11.8 Å². The monoisotopic (exact) mass is 215 g/mol. The van der Waals surface area contributed by atoms with E-state index < -0.39 is 6.10 Å². The highest BCUT2D eigenvalue weighted by atomic mass is 16.5. The molecule has 0 aliphatic heterocycles. The Hall–Kier alpha value is -1.87. The van der Waals surface area contributed by atoms with Crippen LogP contribution < -0.4 is 4.74 Å². The predicted molar refractivity (Wildman–Crippen MR) is 61.4 cm³/mol. The van der Waals surface area contributed by atoms with Crippen molar-refractivity contribution in [3.63, 3.8) is 0 Å². The van der Waals surface area contributed by atoms with Gasteiger partial charge in [-0.05, 0) is 25.1 Å². The van der Waals surface area contributed by atoms with Crippen LogP contribution in [0.2, 0.25) is 0 Å². The molecule has 0 bridgehead atoms. The lowest BCUT2D eigenvalue weighted by Crippen LogP contribution is -1.96. The predicted octanol–water partition coefficient (Wildman–Crippen LogP) is 2.93. The highest BCUT2D eigenvalue weighted by Gasteiger charge is 2.04. The van der Waals surface area contributed by atoms with Crippen LogP contribution >= 0.6 is 0 Å². The molecule has 1 heterocycles. The van der Waals surface area contributed by atoms with Crippen LogP contribution in [0.25, 0.3) is 0 Å². The standard InChI is InChI=1S/C13H13NO2/c1-10(15)12-8-5-9-13(14-12)16-11-6-3-2-4-7-11/h2-10,15H,1H3/t10-/m0/s1. The average Bonchev–Trinajstić information content (AvgIpc) is 2.30. The minimum absolute atomic E-state index is 0.490. The van der Waals surface area contributed by atoms with Crippen LogP contribution in [0.1, 0.15) is 18.7 Å². The van der Waals surface area contributed by atoms with E-state index in [1.54, 1.807) is 19.1 Å². The largest absolute Gasteiger partial charge is 0.439 e. The number of rotatable bonds is 3. The molecule has 0 aliphatic rings. The molecule has 3 nitrogen and oxygen atoms in total. The van der Waals surface area contributed by atoms with E-state index in [1.165, 1.54) is 0 Å². The molecule has 0 fully saturated rings. The van der Waals surface area contributed by atoms with Crippen LogP contribution in [0, 0.1) is 0 Å². The Labute approximate surface area is 94.3 Å². The number of benzene rings is 1. The number of para-hydroxylation sites is 1. The summed E-state index contributed by atoms with van der Waals surface area (Å²) < 4.78 is 5.55. The zero-order chi connectivity index (χ0) is 11.4. The van der Waals surface area contributed by atoms with Crippen molar-refractivity contribution in [1.29, 1.82) is 0 Å². The summed E-state index contributed by atoms with van der Waals surface area (Å²) in [5.74, 6) is 1.22. The van der Waals surface area contributed by atoms with Gasteiger partial charge in [0.15, 0.2) is 0 Å². The molecule has 0 radical (unpaired) electrons. The van der Waals surface area contributed by atoms with E-state index in [1.807, 2.05) is 36.4 Å². The lowest BCUT2D eigenvalue weighted by molar-refractivity contribution is 0.193. The summed E-state index contributed by atoms with van der Waals surface area (Å²) in [6.07, 6.45) is -0.584. The number of nitrogens with zero attached hydrogens (tertiary/aromatic N) is 1. The highest BCUT2D eigenvalue weighted by molar-refractivity contribution is 5.27. The summed E-state index contributed by atoms with van der Waals surface area (Å²) in [7, 11) is 0. The van der Waals surface area contributed by atoms with E-state index in [9.17, 15) is 5.11 Å². The van der Waals surface area contributed by atoms with Crippen molar-refractivity contribution >= 4 is 0 Å². The van der Waals surface area contributed by atoms with Gasteiger partial charge in [-0.15, -0.1) is 0 Å². The Bertz CT molecular complexity index is 454. The first-order valence-electron chi connectivity index (χ1n) is 5.13. The van der Waals surface area contributed by atoms with E-state index in [0.717, 1.165) is 5.75 Å². The van der Waals surface area contributed by atoms with Crippen molar-refractivity contribution in [2.75, 3.05) is 0 Å². The maximum atomic E-state index is 9.40. The van der Waals surface area contributed by atoms with Gasteiger partial charge in [-0.1, -0.05) is 24.3 Å². The summed E-state index contributed by atoms with van der Waals surface area (Å²) in [5.41, 5.74) is 0.605. The van der Waals surface area contributed by atoms with Gasteiger partial charge in [0.25, 0.3) is 0 Å². The normalized spacial score (nSPS) is 12.1. The first-order valence-corrected chi connectivity index (χ1v) is 5.13. The lowest BCUT2D eigenvalue weighted by Gasteiger charge is -2.07. The molecule has 2 rings (SSSR count). The summed E-state index contributed by atoms with van der Waals surface area (Å²) in [5, 5.41) is 9.40. The second-order valence-corrected chi connectivity index (χ2v) is 3.49. The molecule has 82 valence electrons. The lowest BCUT2D eigenvalue weighted by atomic mass is 10.2. The van der Waals surface area contributed by atoms with Crippen LogP contribution in [-0.4, -0.2) is 10.1 Å². The third kappa shape index (κ3) is 2.58. The Kier molecular flexibility index (Phi) is 3.17. The van der Waals surface area contributed by atoms with Crippen molar-refractivity contribution in [1.82, 2.24) is 4.98 Å². The van der Waals surface area contributed by atoms with E-state index in [2.05, 4.69) is 4.98 Å². The van der Waals surface area contributed by atoms with Crippen LogP contribution in [0.4, 0.5) is 0 Å². The maximum absolute atomic E-state index is 9.40. The van der Waals surface area contributed by atoms with Crippen LogP contribution in [0.15, 0.2) is 48.5 Å². The summed E-state index contributed by atoms with van der Waals surface area (Å²) in [6, 6.07) is 14.8. The first-order chi connectivity index (χ1) is 7.75. The van der Waals surface area contributed by atoms with Crippen molar-refractivity contribution < 1.29 is 9.84 Å². The molecular formula is C13H13NO2. The number of hydrogen-bond acceptors (Lipinski definition) is 3.